The fraction of sp³-hybridized carbons (Fsp3) is 0.462. The first-order valence-electron chi connectivity index (χ1n) is 6.03. The molecule has 1 fully saturated rings. The van der Waals surface area contributed by atoms with Crippen molar-refractivity contribution in [3.63, 3.8) is 0 Å². The fourth-order valence-corrected chi connectivity index (χ4v) is 1.81. The first-order chi connectivity index (χ1) is 8.19. The number of nitrogens with one attached hydrogen (secondary N) is 2. The predicted octanol–water partition coefficient (Wildman–Crippen LogP) is 1.92. The molecule has 0 radical (unpaired) electrons. The zero-order chi connectivity index (χ0) is 12.3. The van der Waals surface area contributed by atoms with E-state index in [4.69, 9.17) is 5.73 Å². The van der Waals surface area contributed by atoms with E-state index in [0.29, 0.717) is 12.5 Å². The molecule has 2 amide bonds. The van der Waals surface area contributed by atoms with Crippen LogP contribution >= 0.6 is 0 Å². The van der Waals surface area contributed by atoms with Gasteiger partial charge in [0.25, 0.3) is 0 Å². The molecule has 1 aromatic rings. The van der Waals surface area contributed by atoms with Crippen molar-refractivity contribution in [3.05, 3.63) is 29.8 Å². The van der Waals surface area contributed by atoms with Gasteiger partial charge in [-0.1, -0.05) is 19.1 Å². The predicted molar refractivity (Wildman–Crippen MR) is 68.6 cm³/mol. The van der Waals surface area contributed by atoms with Gasteiger partial charge in [-0.15, -0.1) is 0 Å². The van der Waals surface area contributed by atoms with Crippen LogP contribution in [0.4, 0.5) is 10.5 Å². The summed E-state index contributed by atoms with van der Waals surface area (Å²) in [6, 6.07) is 7.42. The number of carbonyl (C=O) groups excluding carboxylic acids is 1. The first kappa shape index (κ1) is 11.9. The number of hydrogen-bond acceptors (Lipinski definition) is 2. The summed E-state index contributed by atoms with van der Waals surface area (Å²) in [6.07, 6.45) is 1.23. The minimum absolute atomic E-state index is 0.135. The number of nitrogens with two attached hydrogens (primary N) is 1. The first-order valence-corrected chi connectivity index (χ1v) is 6.03. The van der Waals surface area contributed by atoms with Crippen LogP contribution in [-0.2, 0) is 6.54 Å². The van der Waals surface area contributed by atoms with Crippen molar-refractivity contribution in [2.45, 2.75) is 19.9 Å². The molecule has 0 aromatic heterocycles. The molecule has 0 bridgehead atoms. The van der Waals surface area contributed by atoms with Gasteiger partial charge in [0.15, 0.2) is 0 Å². The Morgan fingerprint density at radius 1 is 1.41 bits per heavy atom. The third kappa shape index (κ3) is 3.46. The molecule has 2 unspecified atom stereocenters. The van der Waals surface area contributed by atoms with Gasteiger partial charge in [0.05, 0.1) is 0 Å². The van der Waals surface area contributed by atoms with Crippen molar-refractivity contribution in [2.75, 3.05) is 11.9 Å². The number of urea groups is 1. The summed E-state index contributed by atoms with van der Waals surface area (Å²) in [5.41, 5.74) is 7.36. The zero-order valence-electron chi connectivity index (χ0n) is 10.1. The summed E-state index contributed by atoms with van der Waals surface area (Å²) in [5.74, 6) is 1.43. The van der Waals surface area contributed by atoms with Crippen LogP contribution in [0.25, 0.3) is 0 Å². The standard InChI is InChI=1S/C13H19N3O/c1-9-6-11(9)8-15-13(17)16-12-4-2-10(7-14)3-5-12/h2-5,9,11H,6-8,14H2,1H3,(H2,15,16,17). The molecule has 4 heteroatoms. The Hall–Kier alpha value is -1.55. The number of amides is 2. The molecular weight excluding hydrogens is 214 g/mol. The number of carbonyl (C=O) groups is 1. The van der Waals surface area contributed by atoms with Gasteiger partial charge in [0.1, 0.15) is 0 Å². The molecule has 0 spiro atoms. The van der Waals surface area contributed by atoms with E-state index in [0.717, 1.165) is 23.7 Å². The van der Waals surface area contributed by atoms with E-state index in [9.17, 15) is 4.79 Å². The second-order valence-corrected chi connectivity index (χ2v) is 4.71. The largest absolute Gasteiger partial charge is 0.338 e. The highest BCUT2D eigenvalue weighted by molar-refractivity contribution is 5.89. The van der Waals surface area contributed by atoms with E-state index >= 15 is 0 Å². The maximum Gasteiger partial charge on any atom is 0.319 e. The second-order valence-electron chi connectivity index (χ2n) is 4.71. The average Bonchev–Trinajstić information content (AvgIpc) is 3.04. The Bertz CT molecular complexity index is 388. The summed E-state index contributed by atoms with van der Waals surface area (Å²) in [4.78, 5) is 11.6. The van der Waals surface area contributed by atoms with E-state index in [1.165, 1.54) is 6.42 Å². The highest BCUT2D eigenvalue weighted by atomic mass is 16.2. The third-order valence-electron chi connectivity index (χ3n) is 3.25. The van der Waals surface area contributed by atoms with Gasteiger partial charge in [0.2, 0.25) is 0 Å². The van der Waals surface area contributed by atoms with Crippen LogP contribution in [0.5, 0.6) is 0 Å². The van der Waals surface area contributed by atoms with Gasteiger partial charge in [-0.2, -0.15) is 0 Å². The van der Waals surface area contributed by atoms with Crippen molar-refractivity contribution in [3.8, 4) is 0 Å². The minimum Gasteiger partial charge on any atom is -0.338 e. The lowest BCUT2D eigenvalue weighted by Gasteiger charge is -2.07. The van der Waals surface area contributed by atoms with E-state index < -0.39 is 0 Å². The maximum absolute atomic E-state index is 11.6. The van der Waals surface area contributed by atoms with Crippen molar-refractivity contribution >= 4 is 11.7 Å². The molecule has 0 aliphatic heterocycles. The van der Waals surface area contributed by atoms with Gasteiger partial charge >= 0.3 is 6.03 Å². The van der Waals surface area contributed by atoms with Crippen LogP contribution in [0.15, 0.2) is 24.3 Å². The molecule has 4 nitrogen and oxygen atoms in total. The van der Waals surface area contributed by atoms with Crippen LogP contribution in [0.1, 0.15) is 18.9 Å². The molecule has 1 saturated carbocycles. The monoisotopic (exact) mass is 233 g/mol. The lowest BCUT2D eigenvalue weighted by molar-refractivity contribution is 0.251. The minimum atomic E-state index is -0.135. The Labute approximate surface area is 102 Å². The molecule has 2 rings (SSSR count). The SMILES string of the molecule is CC1CC1CNC(=O)Nc1ccc(CN)cc1. The molecule has 4 N–H and O–H groups in total. The molecule has 17 heavy (non-hydrogen) atoms. The Kier molecular flexibility index (Phi) is 3.64. The molecule has 0 saturated heterocycles. The summed E-state index contributed by atoms with van der Waals surface area (Å²) >= 11 is 0. The highest BCUT2D eigenvalue weighted by Gasteiger charge is 2.32. The van der Waals surface area contributed by atoms with Crippen molar-refractivity contribution in [1.82, 2.24) is 5.32 Å². The molecular formula is C13H19N3O. The van der Waals surface area contributed by atoms with Gasteiger partial charge < -0.3 is 16.4 Å². The maximum atomic E-state index is 11.6. The Morgan fingerprint density at radius 3 is 2.59 bits per heavy atom. The molecule has 1 aliphatic carbocycles. The summed E-state index contributed by atoms with van der Waals surface area (Å²) in [7, 11) is 0. The van der Waals surface area contributed by atoms with E-state index in [1.54, 1.807) is 0 Å². The summed E-state index contributed by atoms with van der Waals surface area (Å²) in [5, 5.41) is 5.68. The lowest BCUT2D eigenvalue weighted by atomic mass is 10.2. The molecule has 2 atom stereocenters. The molecule has 0 heterocycles. The summed E-state index contributed by atoms with van der Waals surface area (Å²) < 4.78 is 0. The average molecular weight is 233 g/mol. The number of anilines is 1. The van der Waals surface area contributed by atoms with Gasteiger partial charge in [-0.05, 0) is 36.0 Å². The smallest absolute Gasteiger partial charge is 0.319 e. The Balaban J connectivity index is 1.76. The third-order valence-corrected chi connectivity index (χ3v) is 3.25. The van der Waals surface area contributed by atoms with Crippen molar-refractivity contribution in [2.24, 2.45) is 17.6 Å². The van der Waals surface area contributed by atoms with E-state index in [1.807, 2.05) is 24.3 Å². The van der Waals surface area contributed by atoms with E-state index in [2.05, 4.69) is 17.6 Å². The molecule has 1 aliphatic rings. The van der Waals surface area contributed by atoms with Gasteiger partial charge in [-0.25, -0.2) is 4.79 Å². The topological polar surface area (TPSA) is 67.2 Å². The van der Waals surface area contributed by atoms with Gasteiger partial charge in [0, 0.05) is 18.8 Å². The highest BCUT2D eigenvalue weighted by Crippen LogP contribution is 2.36. The fourth-order valence-electron chi connectivity index (χ4n) is 1.81. The van der Waals surface area contributed by atoms with Crippen molar-refractivity contribution in [1.29, 1.82) is 0 Å². The molecule has 1 aromatic carbocycles. The van der Waals surface area contributed by atoms with Crippen LogP contribution < -0.4 is 16.4 Å². The van der Waals surface area contributed by atoms with Gasteiger partial charge in [-0.3, -0.25) is 0 Å². The second kappa shape index (κ2) is 5.19. The number of benzene rings is 1. The van der Waals surface area contributed by atoms with Crippen LogP contribution in [0.3, 0.4) is 0 Å². The van der Waals surface area contributed by atoms with Crippen LogP contribution in [0.2, 0.25) is 0 Å². The number of rotatable bonds is 4. The lowest BCUT2D eigenvalue weighted by Crippen LogP contribution is -2.30. The van der Waals surface area contributed by atoms with E-state index in [-0.39, 0.29) is 6.03 Å². The summed E-state index contributed by atoms with van der Waals surface area (Å²) in [6.45, 7) is 3.50. The normalized spacial score (nSPS) is 22.0. The quantitative estimate of drug-likeness (QED) is 0.743. The van der Waals surface area contributed by atoms with Crippen molar-refractivity contribution < 1.29 is 4.79 Å². The molecule has 92 valence electrons. The van der Waals surface area contributed by atoms with Crippen LogP contribution in [0, 0.1) is 11.8 Å². The number of hydrogen-bond donors (Lipinski definition) is 3. The zero-order valence-corrected chi connectivity index (χ0v) is 10.1. The Morgan fingerprint density at radius 2 is 2.06 bits per heavy atom. The van der Waals surface area contributed by atoms with Crippen LogP contribution in [-0.4, -0.2) is 12.6 Å².